The van der Waals surface area contributed by atoms with Crippen LogP contribution < -0.4 is 0 Å². The molecule has 0 atom stereocenters. The molecule has 0 N–H and O–H groups in total. The van der Waals surface area contributed by atoms with Gasteiger partial charge in [0.15, 0.2) is 0 Å². The molecule has 0 amide bonds. The van der Waals surface area contributed by atoms with Gasteiger partial charge in [-0.15, -0.1) is 0 Å². The van der Waals surface area contributed by atoms with E-state index in [0.29, 0.717) is 0 Å². The number of rotatable bonds is 4. The van der Waals surface area contributed by atoms with Crippen LogP contribution >= 0.6 is 0 Å². The SMILES string of the molecule is Cc1nccn1CCCC1CC1. The zero-order valence-electron chi connectivity index (χ0n) is 7.66. The molecular weight excluding hydrogens is 148 g/mol. The Labute approximate surface area is 73.6 Å². The van der Waals surface area contributed by atoms with Crippen LogP contribution in [0.15, 0.2) is 12.4 Å². The number of hydrogen-bond donors (Lipinski definition) is 0. The molecule has 1 aromatic heterocycles. The van der Waals surface area contributed by atoms with E-state index in [9.17, 15) is 0 Å². The van der Waals surface area contributed by atoms with E-state index in [1.807, 2.05) is 6.20 Å². The number of nitrogens with zero attached hydrogens (tertiary/aromatic N) is 2. The molecular formula is C10H16N2. The molecule has 1 aliphatic carbocycles. The minimum absolute atomic E-state index is 1.06. The summed E-state index contributed by atoms with van der Waals surface area (Å²) >= 11 is 0. The maximum Gasteiger partial charge on any atom is 0.105 e. The van der Waals surface area contributed by atoms with Crippen LogP contribution in [0.25, 0.3) is 0 Å². The molecule has 2 rings (SSSR count). The molecule has 0 aliphatic heterocycles. The lowest BCUT2D eigenvalue weighted by atomic mass is 10.2. The first-order valence-corrected chi connectivity index (χ1v) is 4.84. The third-order valence-electron chi connectivity index (χ3n) is 2.63. The van der Waals surface area contributed by atoms with Crippen LogP contribution in [0, 0.1) is 12.8 Å². The fraction of sp³-hybridized carbons (Fsp3) is 0.700. The molecule has 1 fully saturated rings. The van der Waals surface area contributed by atoms with Crippen molar-refractivity contribution < 1.29 is 0 Å². The van der Waals surface area contributed by atoms with Crippen LogP contribution in [0.2, 0.25) is 0 Å². The average Bonchev–Trinajstić information content (AvgIpc) is 2.78. The molecule has 2 nitrogen and oxygen atoms in total. The molecule has 0 saturated heterocycles. The summed E-state index contributed by atoms with van der Waals surface area (Å²) in [5.41, 5.74) is 0. The topological polar surface area (TPSA) is 17.8 Å². The minimum atomic E-state index is 1.06. The maximum atomic E-state index is 4.19. The van der Waals surface area contributed by atoms with E-state index in [1.54, 1.807) is 0 Å². The van der Waals surface area contributed by atoms with Crippen molar-refractivity contribution in [1.82, 2.24) is 9.55 Å². The zero-order chi connectivity index (χ0) is 8.39. The van der Waals surface area contributed by atoms with Gasteiger partial charge in [0.25, 0.3) is 0 Å². The number of aryl methyl sites for hydroxylation is 2. The predicted octanol–water partition coefficient (Wildman–Crippen LogP) is 2.38. The molecule has 0 unspecified atom stereocenters. The summed E-state index contributed by atoms with van der Waals surface area (Å²) in [6.07, 6.45) is 9.64. The highest BCUT2D eigenvalue weighted by Gasteiger charge is 2.20. The second-order valence-electron chi connectivity index (χ2n) is 3.75. The van der Waals surface area contributed by atoms with Crippen molar-refractivity contribution in [2.75, 3.05) is 0 Å². The Morgan fingerprint density at radius 2 is 2.42 bits per heavy atom. The molecule has 0 radical (unpaired) electrons. The molecule has 0 spiro atoms. The van der Waals surface area contributed by atoms with E-state index in [0.717, 1.165) is 18.3 Å². The monoisotopic (exact) mass is 164 g/mol. The third-order valence-corrected chi connectivity index (χ3v) is 2.63. The van der Waals surface area contributed by atoms with Crippen LogP contribution in [0.3, 0.4) is 0 Å². The highest BCUT2D eigenvalue weighted by molar-refractivity contribution is 4.88. The third kappa shape index (κ3) is 1.87. The van der Waals surface area contributed by atoms with Crippen LogP contribution in [-0.4, -0.2) is 9.55 Å². The molecule has 12 heavy (non-hydrogen) atoms. The Morgan fingerprint density at radius 3 is 3.00 bits per heavy atom. The van der Waals surface area contributed by atoms with Gasteiger partial charge in [0.05, 0.1) is 0 Å². The van der Waals surface area contributed by atoms with Crippen molar-refractivity contribution in [2.24, 2.45) is 5.92 Å². The summed E-state index contributed by atoms with van der Waals surface area (Å²) in [6, 6.07) is 0. The Bertz CT molecular complexity index is 248. The Kier molecular flexibility index (Phi) is 2.15. The maximum absolute atomic E-state index is 4.19. The summed E-state index contributed by atoms with van der Waals surface area (Å²) in [5.74, 6) is 2.21. The smallest absolute Gasteiger partial charge is 0.105 e. The Balaban J connectivity index is 1.75. The molecule has 0 aromatic carbocycles. The van der Waals surface area contributed by atoms with Crippen LogP contribution in [0.1, 0.15) is 31.5 Å². The predicted molar refractivity (Wildman–Crippen MR) is 48.9 cm³/mol. The van der Waals surface area contributed by atoms with Gasteiger partial charge < -0.3 is 4.57 Å². The zero-order valence-corrected chi connectivity index (χ0v) is 7.66. The Hall–Kier alpha value is -0.790. The fourth-order valence-electron chi connectivity index (χ4n) is 1.60. The summed E-state index contributed by atoms with van der Waals surface area (Å²) in [7, 11) is 0. The van der Waals surface area contributed by atoms with Crippen LogP contribution in [0.5, 0.6) is 0 Å². The molecule has 1 saturated carbocycles. The molecule has 1 aromatic rings. The molecule has 1 aliphatic rings. The van der Waals surface area contributed by atoms with Crippen LogP contribution in [-0.2, 0) is 6.54 Å². The molecule has 66 valence electrons. The van der Waals surface area contributed by atoms with Crippen molar-refractivity contribution in [3.8, 4) is 0 Å². The second kappa shape index (κ2) is 3.30. The van der Waals surface area contributed by atoms with Gasteiger partial charge in [-0.1, -0.05) is 12.8 Å². The van der Waals surface area contributed by atoms with E-state index in [2.05, 4.69) is 22.7 Å². The van der Waals surface area contributed by atoms with Crippen molar-refractivity contribution in [3.63, 3.8) is 0 Å². The average molecular weight is 164 g/mol. The largest absolute Gasteiger partial charge is 0.335 e. The highest BCUT2D eigenvalue weighted by atomic mass is 15.0. The molecule has 1 heterocycles. The summed E-state index contributed by atoms with van der Waals surface area (Å²) in [4.78, 5) is 4.19. The van der Waals surface area contributed by atoms with Gasteiger partial charge in [0, 0.05) is 18.9 Å². The van der Waals surface area contributed by atoms with E-state index in [4.69, 9.17) is 0 Å². The van der Waals surface area contributed by atoms with Gasteiger partial charge in [0.2, 0.25) is 0 Å². The van der Waals surface area contributed by atoms with Crippen molar-refractivity contribution >= 4 is 0 Å². The normalized spacial score (nSPS) is 16.8. The first-order chi connectivity index (χ1) is 5.86. The van der Waals surface area contributed by atoms with Gasteiger partial charge in [0.1, 0.15) is 5.82 Å². The quantitative estimate of drug-likeness (QED) is 0.668. The highest BCUT2D eigenvalue weighted by Crippen LogP contribution is 2.33. The lowest BCUT2D eigenvalue weighted by Gasteiger charge is -2.03. The van der Waals surface area contributed by atoms with Gasteiger partial charge in [-0.05, 0) is 25.7 Å². The molecule has 0 bridgehead atoms. The van der Waals surface area contributed by atoms with Crippen molar-refractivity contribution in [2.45, 2.75) is 39.2 Å². The lowest BCUT2D eigenvalue weighted by Crippen LogP contribution is -1.99. The van der Waals surface area contributed by atoms with E-state index in [-0.39, 0.29) is 0 Å². The summed E-state index contributed by atoms with van der Waals surface area (Å²) < 4.78 is 2.24. The first kappa shape index (κ1) is 7.84. The summed E-state index contributed by atoms with van der Waals surface area (Å²) in [6.45, 7) is 3.22. The van der Waals surface area contributed by atoms with Crippen molar-refractivity contribution in [3.05, 3.63) is 18.2 Å². The van der Waals surface area contributed by atoms with E-state index < -0.39 is 0 Å². The van der Waals surface area contributed by atoms with Gasteiger partial charge >= 0.3 is 0 Å². The standard InChI is InChI=1S/C10H16N2/c1-9-11-6-8-12(9)7-2-3-10-4-5-10/h6,8,10H,2-5,7H2,1H3. The van der Waals surface area contributed by atoms with E-state index in [1.165, 1.54) is 25.7 Å². The van der Waals surface area contributed by atoms with Gasteiger partial charge in [-0.25, -0.2) is 4.98 Å². The van der Waals surface area contributed by atoms with Crippen molar-refractivity contribution in [1.29, 1.82) is 0 Å². The number of aromatic nitrogens is 2. The lowest BCUT2D eigenvalue weighted by molar-refractivity contribution is 0.568. The minimum Gasteiger partial charge on any atom is -0.335 e. The summed E-state index contributed by atoms with van der Waals surface area (Å²) in [5, 5.41) is 0. The van der Waals surface area contributed by atoms with Gasteiger partial charge in [-0.3, -0.25) is 0 Å². The fourth-order valence-corrected chi connectivity index (χ4v) is 1.60. The van der Waals surface area contributed by atoms with Gasteiger partial charge in [-0.2, -0.15) is 0 Å². The number of imidazole rings is 1. The second-order valence-corrected chi connectivity index (χ2v) is 3.75. The van der Waals surface area contributed by atoms with E-state index >= 15 is 0 Å². The van der Waals surface area contributed by atoms with Crippen LogP contribution in [0.4, 0.5) is 0 Å². The first-order valence-electron chi connectivity index (χ1n) is 4.84. The number of hydrogen-bond acceptors (Lipinski definition) is 1. The Morgan fingerprint density at radius 1 is 1.58 bits per heavy atom. The molecule has 2 heteroatoms.